The van der Waals surface area contributed by atoms with E-state index in [9.17, 15) is 9.59 Å². The standard InChI is InChI=1S/C23H19NO3/c1-2-13-24-15-17(18-8-4-5-9-20(18)24)11-12-21(25)19-14-16-7-3-6-10-22(16)27-23(19)26/h3-12,14-15H,2,13H2,1H3/b12-11+. The summed E-state index contributed by atoms with van der Waals surface area (Å²) in [6, 6.07) is 16.9. The van der Waals surface area contributed by atoms with Crippen LogP contribution in [0.2, 0.25) is 0 Å². The van der Waals surface area contributed by atoms with Crippen LogP contribution in [-0.4, -0.2) is 10.4 Å². The molecule has 4 aromatic rings. The fourth-order valence-electron chi connectivity index (χ4n) is 3.32. The lowest BCUT2D eigenvalue weighted by molar-refractivity contribution is 0.104. The number of rotatable bonds is 5. The summed E-state index contributed by atoms with van der Waals surface area (Å²) >= 11 is 0. The fourth-order valence-corrected chi connectivity index (χ4v) is 3.32. The Labute approximate surface area is 156 Å². The van der Waals surface area contributed by atoms with Gasteiger partial charge in [0.25, 0.3) is 0 Å². The molecule has 0 fully saturated rings. The van der Waals surface area contributed by atoms with Gasteiger partial charge in [0.15, 0.2) is 5.78 Å². The number of carbonyl (C=O) groups is 1. The van der Waals surface area contributed by atoms with Gasteiger partial charge in [0, 0.05) is 34.6 Å². The number of hydrogen-bond donors (Lipinski definition) is 0. The number of allylic oxidation sites excluding steroid dienone is 1. The van der Waals surface area contributed by atoms with Gasteiger partial charge in [0.1, 0.15) is 11.1 Å². The lowest BCUT2D eigenvalue weighted by Gasteiger charge is -2.01. The number of benzene rings is 2. The van der Waals surface area contributed by atoms with E-state index in [1.54, 1.807) is 24.3 Å². The molecule has 4 nitrogen and oxygen atoms in total. The van der Waals surface area contributed by atoms with E-state index in [0.717, 1.165) is 34.8 Å². The molecule has 0 aliphatic rings. The van der Waals surface area contributed by atoms with Crippen molar-refractivity contribution in [3.63, 3.8) is 0 Å². The van der Waals surface area contributed by atoms with Gasteiger partial charge in [-0.05, 0) is 36.8 Å². The molecule has 0 bridgehead atoms. The van der Waals surface area contributed by atoms with Crippen molar-refractivity contribution in [3.8, 4) is 0 Å². The Kier molecular flexibility index (Phi) is 4.47. The normalized spacial score (nSPS) is 11.6. The maximum Gasteiger partial charge on any atom is 0.347 e. The summed E-state index contributed by atoms with van der Waals surface area (Å²) in [5, 5.41) is 1.81. The largest absolute Gasteiger partial charge is 0.422 e. The van der Waals surface area contributed by atoms with Gasteiger partial charge >= 0.3 is 5.63 Å². The Morgan fingerprint density at radius 1 is 1.11 bits per heavy atom. The summed E-state index contributed by atoms with van der Waals surface area (Å²) in [7, 11) is 0. The highest BCUT2D eigenvalue weighted by molar-refractivity contribution is 6.08. The minimum atomic E-state index is -0.614. The molecule has 0 radical (unpaired) electrons. The van der Waals surface area contributed by atoms with Crippen LogP contribution in [0.15, 0.2) is 76.1 Å². The van der Waals surface area contributed by atoms with Crippen molar-refractivity contribution in [2.45, 2.75) is 19.9 Å². The predicted octanol–water partition coefficient (Wildman–Crippen LogP) is 5.05. The number of carbonyl (C=O) groups excluding carboxylic acids is 1. The summed E-state index contributed by atoms with van der Waals surface area (Å²) in [6.45, 7) is 3.05. The van der Waals surface area contributed by atoms with Gasteiger partial charge in [0.2, 0.25) is 0 Å². The van der Waals surface area contributed by atoms with Crippen molar-refractivity contribution < 1.29 is 9.21 Å². The smallest absolute Gasteiger partial charge is 0.347 e. The maximum atomic E-state index is 12.6. The molecule has 0 aliphatic carbocycles. The van der Waals surface area contributed by atoms with E-state index in [-0.39, 0.29) is 11.3 Å². The lowest BCUT2D eigenvalue weighted by atomic mass is 10.1. The Bertz CT molecular complexity index is 1230. The predicted molar refractivity (Wildman–Crippen MR) is 108 cm³/mol. The number of aryl methyl sites for hydroxylation is 1. The Hall–Kier alpha value is -3.40. The van der Waals surface area contributed by atoms with E-state index < -0.39 is 5.63 Å². The first-order chi connectivity index (χ1) is 13.2. The molecule has 0 unspecified atom stereocenters. The fraction of sp³-hybridized carbons (Fsp3) is 0.130. The van der Waals surface area contributed by atoms with E-state index in [2.05, 4.69) is 17.6 Å². The van der Waals surface area contributed by atoms with Crippen LogP contribution >= 0.6 is 0 Å². The molecule has 0 atom stereocenters. The van der Waals surface area contributed by atoms with Gasteiger partial charge in [-0.15, -0.1) is 0 Å². The highest BCUT2D eigenvalue weighted by Crippen LogP contribution is 2.23. The molecule has 0 amide bonds. The first-order valence-electron chi connectivity index (χ1n) is 9.00. The van der Waals surface area contributed by atoms with Crippen LogP contribution in [0.3, 0.4) is 0 Å². The highest BCUT2D eigenvalue weighted by Gasteiger charge is 2.12. The number of fused-ring (bicyclic) bond motifs is 2. The van der Waals surface area contributed by atoms with Crippen molar-refractivity contribution in [1.29, 1.82) is 0 Å². The van der Waals surface area contributed by atoms with E-state index in [1.165, 1.54) is 6.08 Å². The van der Waals surface area contributed by atoms with Crippen LogP contribution in [0.25, 0.3) is 27.9 Å². The molecule has 0 saturated heterocycles. The molecule has 0 spiro atoms. The number of nitrogens with zero attached hydrogens (tertiary/aromatic N) is 1. The van der Waals surface area contributed by atoms with Crippen LogP contribution in [0.4, 0.5) is 0 Å². The molecule has 0 saturated carbocycles. The summed E-state index contributed by atoms with van der Waals surface area (Å²) in [5.74, 6) is -0.359. The topological polar surface area (TPSA) is 52.2 Å². The van der Waals surface area contributed by atoms with Crippen LogP contribution in [0.5, 0.6) is 0 Å². The summed E-state index contributed by atoms with van der Waals surface area (Å²) in [6.07, 6.45) is 6.28. The molecule has 0 aliphatic heterocycles. The molecule has 4 rings (SSSR count). The number of ketones is 1. The van der Waals surface area contributed by atoms with Crippen LogP contribution in [-0.2, 0) is 6.54 Å². The second-order valence-corrected chi connectivity index (χ2v) is 6.48. The van der Waals surface area contributed by atoms with Gasteiger partial charge in [-0.3, -0.25) is 4.79 Å². The Morgan fingerprint density at radius 3 is 2.74 bits per heavy atom. The van der Waals surface area contributed by atoms with Crippen LogP contribution in [0, 0.1) is 0 Å². The first-order valence-corrected chi connectivity index (χ1v) is 9.00. The minimum absolute atomic E-state index is 0.0437. The zero-order valence-electron chi connectivity index (χ0n) is 15.0. The monoisotopic (exact) mass is 357 g/mol. The number of aromatic nitrogens is 1. The molecular weight excluding hydrogens is 338 g/mol. The third-order valence-corrected chi connectivity index (χ3v) is 4.61. The number of para-hydroxylation sites is 2. The van der Waals surface area contributed by atoms with Crippen molar-refractivity contribution in [2.24, 2.45) is 0 Å². The zero-order chi connectivity index (χ0) is 18.8. The highest BCUT2D eigenvalue weighted by atomic mass is 16.4. The molecule has 2 aromatic heterocycles. The van der Waals surface area contributed by atoms with Crippen LogP contribution < -0.4 is 5.63 Å². The summed E-state index contributed by atoms with van der Waals surface area (Å²) in [4.78, 5) is 24.8. The molecule has 2 heterocycles. The molecule has 0 N–H and O–H groups in total. The lowest BCUT2D eigenvalue weighted by Crippen LogP contribution is -2.11. The van der Waals surface area contributed by atoms with Gasteiger partial charge in [-0.25, -0.2) is 4.79 Å². The van der Waals surface area contributed by atoms with E-state index >= 15 is 0 Å². The zero-order valence-corrected chi connectivity index (χ0v) is 15.0. The Balaban J connectivity index is 1.71. The van der Waals surface area contributed by atoms with Gasteiger partial charge in [0.05, 0.1) is 0 Å². The van der Waals surface area contributed by atoms with Gasteiger partial charge in [-0.2, -0.15) is 0 Å². The van der Waals surface area contributed by atoms with Crippen molar-refractivity contribution in [2.75, 3.05) is 0 Å². The average molecular weight is 357 g/mol. The summed E-state index contributed by atoms with van der Waals surface area (Å²) < 4.78 is 7.44. The third kappa shape index (κ3) is 3.22. The van der Waals surface area contributed by atoms with Crippen molar-refractivity contribution in [3.05, 3.63) is 88.4 Å². The Morgan fingerprint density at radius 2 is 1.89 bits per heavy atom. The molecule has 27 heavy (non-hydrogen) atoms. The summed E-state index contributed by atoms with van der Waals surface area (Å²) in [5.41, 5.74) is 2.00. The second-order valence-electron chi connectivity index (χ2n) is 6.48. The van der Waals surface area contributed by atoms with Gasteiger partial charge in [-0.1, -0.05) is 43.3 Å². The molecule has 4 heteroatoms. The first kappa shape index (κ1) is 17.0. The van der Waals surface area contributed by atoms with E-state index in [0.29, 0.717) is 5.58 Å². The minimum Gasteiger partial charge on any atom is -0.422 e. The number of hydrogen-bond acceptors (Lipinski definition) is 3. The molecule has 134 valence electrons. The maximum absolute atomic E-state index is 12.6. The molecular formula is C23H19NO3. The van der Waals surface area contributed by atoms with Crippen molar-refractivity contribution >= 4 is 33.7 Å². The van der Waals surface area contributed by atoms with Gasteiger partial charge < -0.3 is 8.98 Å². The van der Waals surface area contributed by atoms with E-state index in [4.69, 9.17) is 4.42 Å². The molecule has 2 aromatic carbocycles. The SMILES string of the molecule is CCCn1cc(/C=C/C(=O)c2cc3ccccc3oc2=O)c2ccccc21. The second kappa shape index (κ2) is 7.08. The van der Waals surface area contributed by atoms with E-state index in [1.807, 2.05) is 36.5 Å². The van der Waals surface area contributed by atoms with Crippen molar-refractivity contribution in [1.82, 2.24) is 4.57 Å². The quantitative estimate of drug-likeness (QED) is 0.285. The van der Waals surface area contributed by atoms with Crippen LogP contribution in [0.1, 0.15) is 29.3 Å². The third-order valence-electron chi connectivity index (χ3n) is 4.61. The average Bonchev–Trinajstić information content (AvgIpc) is 3.04.